The Morgan fingerprint density at radius 3 is 2.70 bits per heavy atom. The number of hydrogen-bond donors (Lipinski definition) is 1. The van der Waals surface area contributed by atoms with Crippen LogP contribution in [0.15, 0.2) is 0 Å². The molecule has 2 aliphatic rings. The highest BCUT2D eigenvalue weighted by atomic mass is 16.6. The second-order valence-electron chi connectivity index (χ2n) is 3.62. The number of likely N-dealkylation sites (tertiary alicyclic amines) is 1. The minimum Gasteiger partial charge on any atom is -0.388 e. The van der Waals surface area contributed by atoms with Crippen LogP contribution in [0.5, 0.6) is 0 Å². The van der Waals surface area contributed by atoms with Gasteiger partial charge in [-0.05, 0) is 6.92 Å². The Balaban J connectivity index is 1.69. The molecule has 0 saturated carbocycles. The van der Waals surface area contributed by atoms with E-state index in [4.69, 9.17) is 4.74 Å². The van der Waals surface area contributed by atoms with E-state index in [2.05, 4.69) is 4.90 Å². The normalized spacial score (nSPS) is 37.2. The van der Waals surface area contributed by atoms with Crippen LogP contribution in [-0.2, 0) is 4.74 Å². The zero-order valence-electron chi connectivity index (χ0n) is 6.21. The van der Waals surface area contributed by atoms with Crippen molar-refractivity contribution in [3.63, 3.8) is 0 Å². The second kappa shape index (κ2) is 1.94. The van der Waals surface area contributed by atoms with Gasteiger partial charge in [0.2, 0.25) is 0 Å². The average molecular weight is 143 g/mol. The number of ether oxygens (including phenoxy) is 1. The van der Waals surface area contributed by atoms with Crippen LogP contribution in [0.2, 0.25) is 0 Å². The number of rotatable bonds is 2. The van der Waals surface area contributed by atoms with Crippen molar-refractivity contribution in [3.05, 3.63) is 0 Å². The third kappa shape index (κ3) is 1.31. The van der Waals surface area contributed by atoms with Crippen molar-refractivity contribution < 1.29 is 9.84 Å². The molecule has 0 unspecified atom stereocenters. The summed E-state index contributed by atoms with van der Waals surface area (Å²) in [5.74, 6) is 0. The van der Waals surface area contributed by atoms with Crippen LogP contribution in [-0.4, -0.2) is 48.0 Å². The van der Waals surface area contributed by atoms with Crippen molar-refractivity contribution in [1.29, 1.82) is 0 Å². The van der Waals surface area contributed by atoms with E-state index in [9.17, 15) is 5.11 Å². The van der Waals surface area contributed by atoms with Crippen LogP contribution in [0.3, 0.4) is 0 Å². The van der Waals surface area contributed by atoms with Crippen molar-refractivity contribution >= 4 is 0 Å². The van der Waals surface area contributed by atoms with Gasteiger partial charge in [-0.2, -0.15) is 0 Å². The zero-order chi connectivity index (χ0) is 7.19. The summed E-state index contributed by atoms with van der Waals surface area (Å²) >= 11 is 0. The summed E-state index contributed by atoms with van der Waals surface area (Å²) in [4.78, 5) is 2.22. The van der Waals surface area contributed by atoms with Crippen molar-refractivity contribution in [3.8, 4) is 0 Å². The standard InChI is InChI=1S/C7H13NO2/c1-7(9)4-8(5-7)2-6-3-10-6/h6,9H,2-5H2,1H3/t6-/m0/s1. The fourth-order valence-corrected chi connectivity index (χ4v) is 1.51. The SMILES string of the molecule is CC1(O)CN(C[C@H]2CO2)C1. The highest BCUT2D eigenvalue weighted by Crippen LogP contribution is 2.22. The lowest BCUT2D eigenvalue weighted by Crippen LogP contribution is -2.60. The Morgan fingerprint density at radius 2 is 2.30 bits per heavy atom. The first kappa shape index (κ1) is 6.58. The summed E-state index contributed by atoms with van der Waals surface area (Å²) in [5.41, 5.74) is -0.422. The molecular weight excluding hydrogens is 130 g/mol. The van der Waals surface area contributed by atoms with Crippen LogP contribution >= 0.6 is 0 Å². The van der Waals surface area contributed by atoms with Crippen LogP contribution < -0.4 is 0 Å². The molecule has 0 aliphatic carbocycles. The van der Waals surface area contributed by atoms with Gasteiger partial charge >= 0.3 is 0 Å². The van der Waals surface area contributed by atoms with E-state index in [1.54, 1.807) is 0 Å². The molecule has 58 valence electrons. The van der Waals surface area contributed by atoms with Crippen molar-refractivity contribution in [1.82, 2.24) is 4.90 Å². The highest BCUT2D eigenvalue weighted by molar-refractivity contribution is 4.93. The first-order valence-corrected chi connectivity index (χ1v) is 3.72. The molecule has 0 aromatic carbocycles. The predicted octanol–water partition coefficient (Wildman–Crippen LogP) is -0.548. The number of β-amino-alcohol motifs (C(OH)–C–C–N with tert-alkyl or cyclic N) is 1. The fraction of sp³-hybridized carbons (Fsp3) is 1.00. The predicted molar refractivity (Wildman–Crippen MR) is 36.8 cm³/mol. The van der Waals surface area contributed by atoms with Crippen molar-refractivity contribution in [2.45, 2.75) is 18.6 Å². The molecule has 0 aromatic heterocycles. The van der Waals surface area contributed by atoms with Crippen LogP contribution in [0.1, 0.15) is 6.92 Å². The summed E-state index contributed by atoms with van der Waals surface area (Å²) in [5, 5.41) is 9.33. The molecule has 2 heterocycles. The van der Waals surface area contributed by atoms with Crippen LogP contribution in [0.25, 0.3) is 0 Å². The molecule has 1 N–H and O–H groups in total. The molecule has 1 atom stereocenters. The van der Waals surface area contributed by atoms with Gasteiger partial charge in [-0.25, -0.2) is 0 Å². The number of nitrogens with zero attached hydrogens (tertiary/aromatic N) is 1. The number of epoxide rings is 1. The van der Waals surface area contributed by atoms with E-state index in [1.165, 1.54) is 0 Å². The average Bonchev–Trinajstić information content (AvgIpc) is 2.44. The Labute approximate surface area is 60.6 Å². The maximum absolute atomic E-state index is 9.33. The summed E-state index contributed by atoms with van der Waals surface area (Å²) in [7, 11) is 0. The molecule has 3 nitrogen and oxygen atoms in total. The Hall–Kier alpha value is -0.120. The maximum atomic E-state index is 9.33. The number of aliphatic hydroxyl groups is 1. The van der Waals surface area contributed by atoms with Crippen LogP contribution in [0, 0.1) is 0 Å². The topological polar surface area (TPSA) is 36.0 Å². The van der Waals surface area contributed by atoms with E-state index >= 15 is 0 Å². The zero-order valence-corrected chi connectivity index (χ0v) is 6.21. The Morgan fingerprint density at radius 1 is 1.70 bits per heavy atom. The molecule has 0 aromatic rings. The molecule has 2 saturated heterocycles. The maximum Gasteiger partial charge on any atom is 0.0936 e. The molecule has 0 bridgehead atoms. The lowest BCUT2D eigenvalue weighted by Gasteiger charge is -2.43. The molecule has 0 radical (unpaired) electrons. The second-order valence-corrected chi connectivity index (χ2v) is 3.62. The third-order valence-electron chi connectivity index (χ3n) is 1.99. The summed E-state index contributed by atoms with van der Waals surface area (Å²) in [6, 6.07) is 0. The van der Waals surface area contributed by atoms with Gasteiger partial charge < -0.3 is 9.84 Å². The van der Waals surface area contributed by atoms with E-state index in [0.717, 1.165) is 26.2 Å². The first-order valence-electron chi connectivity index (χ1n) is 3.72. The minimum atomic E-state index is -0.422. The van der Waals surface area contributed by atoms with E-state index < -0.39 is 5.60 Å². The van der Waals surface area contributed by atoms with Gasteiger partial charge in [-0.3, -0.25) is 4.90 Å². The van der Waals surface area contributed by atoms with Gasteiger partial charge in [0.15, 0.2) is 0 Å². The summed E-state index contributed by atoms with van der Waals surface area (Å²) < 4.78 is 5.06. The third-order valence-corrected chi connectivity index (χ3v) is 1.99. The lowest BCUT2D eigenvalue weighted by atomic mass is 9.97. The smallest absolute Gasteiger partial charge is 0.0936 e. The molecule has 2 rings (SSSR count). The minimum absolute atomic E-state index is 0.422. The quantitative estimate of drug-likeness (QED) is 0.527. The first-order chi connectivity index (χ1) is 4.66. The molecular formula is C7H13NO2. The monoisotopic (exact) mass is 143 g/mol. The largest absolute Gasteiger partial charge is 0.388 e. The lowest BCUT2D eigenvalue weighted by molar-refractivity contribution is -0.0846. The molecule has 3 heteroatoms. The summed E-state index contributed by atoms with van der Waals surface area (Å²) in [6.45, 7) is 5.42. The van der Waals surface area contributed by atoms with Gasteiger partial charge in [0.25, 0.3) is 0 Å². The van der Waals surface area contributed by atoms with Gasteiger partial charge in [-0.15, -0.1) is 0 Å². The molecule has 0 amide bonds. The van der Waals surface area contributed by atoms with Gasteiger partial charge in [0, 0.05) is 19.6 Å². The van der Waals surface area contributed by atoms with Crippen LogP contribution in [0.4, 0.5) is 0 Å². The molecule has 0 spiro atoms. The Kier molecular flexibility index (Phi) is 1.27. The van der Waals surface area contributed by atoms with E-state index in [0.29, 0.717) is 6.10 Å². The van der Waals surface area contributed by atoms with E-state index in [-0.39, 0.29) is 0 Å². The van der Waals surface area contributed by atoms with E-state index in [1.807, 2.05) is 6.92 Å². The van der Waals surface area contributed by atoms with Gasteiger partial charge in [0.05, 0.1) is 18.3 Å². The number of hydrogen-bond acceptors (Lipinski definition) is 3. The van der Waals surface area contributed by atoms with Crippen molar-refractivity contribution in [2.75, 3.05) is 26.2 Å². The fourth-order valence-electron chi connectivity index (χ4n) is 1.51. The van der Waals surface area contributed by atoms with Crippen molar-refractivity contribution in [2.24, 2.45) is 0 Å². The molecule has 2 aliphatic heterocycles. The summed E-state index contributed by atoms with van der Waals surface area (Å²) in [6.07, 6.45) is 0.469. The molecule has 10 heavy (non-hydrogen) atoms. The van der Waals surface area contributed by atoms with Gasteiger partial charge in [-0.1, -0.05) is 0 Å². The highest BCUT2D eigenvalue weighted by Gasteiger charge is 2.39. The molecule has 2 fully saturated rings. The van der Waals surface area contributed by atoms with Gasteiger partial charge in [0.1, 0.15) is 0 Å². The Bertz CT molecular complexity index is 132.